The van der Waals surface area contributed by atoms with Gasteiger partial charge in [0, 0.05) is 25.2 Å². The molecule has 1 fully saturated rings. The van der Waals surface area contributed by atoms with E-state index in [1.54, 1.807) is 12.1 Å². The molecule has 3 rings (SSSR count). The lowest BCUT2D eigenvalue weighted by molar-refractivity contribution is 0.234. The number of rotatable bonds is 4. The summed E-state index contributed by atoms with van der Waals surface area (Å²) in [5.74, 6) is -0.225. The van der Waals surface area contributed by atoms with Crippen LogP contribution in [-0.4, -0.2) is 30.3 Å². The van der Waals surface area contributed by atoms with Crippen molar-refractivity contribution in [3.05, 3.63) is 47.6 Å². The summed E-state index contributed by atoms with van der Waals surface area (Å²) < 4.78 is 18.8. The normalized spacial score (nSPS) is 17.6. The Morgan fingerprint density at radius 1 is 1.46 bits per heavy atom. The molecule has 1 aliphatic heterocycles. The second-order valence-electron chi connectivity index (χ2n) is 6.06. The largest absolute Gasteiger partial charge is 0.367 e. The van der Waals surface area contributed by atoms with Crippen LogP contribution in [0.1, 0.15) is 24.1 Å². The molecule has 1 aromatic carbocycles. The lowest BCUT2D eigenvalue weighted by Gasteiger charge is -2.35. The number of urea groups is 1. The van der Waals surface area contributed by atoms with Gasteiger partial charge < -0.3 is 20.1 Å². The van der Waals surface area contributed by atoms with Crippen molar-refractivity contribution in [2.45, 2.75) is 32.4 Å². The summed E-state index contributed by atoms with van der Waals surface area (Å²) >= 11 is 0. The molecule has 0 aliphatic carbocycles. The molecule has 6 nitrogen and oxygen atoms in total. The Labute approximate surface area is 140 Å². The molecule has 0 saturated carbocycles. The Balaban J connectivity index is 1.55. The number of aromatic nitrogens is 1. The predicted molar refractivity (Wildman–Crippen MR) is 88.2 cm³/mol. The molecule has 1 aromatic heterocycles. The van der Waals surface area contributed by atoms with Crippen molar-refractivity contribution < 1.29 is 13.7 Å². The van der Waals surface area contributed by atoms with E-state index in [-0.39, 0.29) is 17.9 Å². The van der Waals surface area contributed by atoms with Gasteiger partial charge in [-0.2, -0.15) is 0 Å². The van der Waals surface area contributed by atoms with E-state index in [2.05, 4.69) is 15.8 Å². The number of halogens is 1. The average molecular weight is 332 g/mol. The van der Waals surface area contributed by atoms with Crippen LogP contribution in [0.2, 0.25) is 0 Å². The summed E-state index contributed by atoms with van der Waals surface area (Å²) in [5.41, 5.74) is 2.29. The number of anilines is 1. The zero-order valence-electron chi connectivity index (χ0n) is 13.6. The van der Waals surface area contributed by atoms with Crippen molar-refractivity contribution in [3.63, 3.8) is 0 Å². The highest BCUT2D eigenvalue weighted by atomic mass is 19.1. The number of carbonyl (C=O) groups is 1. The molecule has 1 atom stereocenters. The molecule has 2 heterocycles. The first-order chi connectivity index (χ1) is 11.6. The molecule has 0 radical (unpaired) electrons. The molecule has 2 N–H and O–H groups in total. The van der Waals surface area contributed by atoms with Gasteiger partial charge in [-0.25, -0.2) is 9.18 Å². The molecule has 2 amide bonds. The SMILES string of the molecule is Cc1ccc(F)c(N2CCC[C@H](NC(=O)NCc3ccon3)C2)c1. The van der Waals surface area contributed by atoms with Crippen LogP contribution in [0.3, 0.4) is 0 Å². The number of aryl methyl sites for hydroxylation is 1. The first kappa shape index (κ1) is 16.3. The fraction of sp³-hybridized carbons (Fsp3) is 0.412. The molecule has 1 aliphatic rings. The third kappa shape index (κ3) is 4.04. The minimum Gasteiger partial charge on any atom is -0.367 e. The molecule has 0 spiro atoms. The zero-order chi connectivity index (χ0) is 16.9. The van der Waals surface area contributed by atoms with Gasteiger partial charge in [-0.1, -0.05) is 11.2 Å². The number of carbonyl (C=O) groups excluding carboxylic acids is 1. The lowest BCUT2D eigenvalue weighted by atomic mass is 10.0. The first-order valence-corrected chi connectivity index (χ1v) is 8.06. The molecule has 0 bridgehead atoms. The Hall–Kier alpha value is -2.57. The Kier molecular flexibility index (Phi) is 4.98. The zero-order valence-corrected chi connectivity index (χ0v) is 13.6. The molecule has 128 valence electrons. The second-order valence-corrected chi connectivity index (χ2v) is 6.06. The maximum atomic E-state index is 14.1. The highest BCUT2D eigenvalue weighted by Crippen LogP contribution is 2.24. The number of nitrogens with zero attached hydrogens (tertiary/aromatic N) is 2. The van der Waals surface area contributed by atoms with Gasteiger partial charge in [0.1, 0.15) is 17.8 Å². The van der Waals surface area contributed by atoms with Gasteiger partial charge >= 0.3 is 6.03 Å². The Morgan fingerprint density at radius 3 is 3.12 bits per heavy atom. The van der Waals surface area contributed by atoms with Gasteiger partial charge in [0.2, 0.25) is 0 Å². The van der Waals surface area contributed by atoms with Gasteiger partial charge in [-0.3, -0.25) is 0 Å². The fourth-order valence-electron chi connectivity index (χ4n) is 2.91. The van der Waals surface area contributed by atoms with E-state index in [0.29, 0.717) is 24.5 Å². The van der Waals surface area contributed by atoms with E-state index in [4.69, 9.17) is 4.52 Å². The average Bonchev–Trinajstić information content (AvgIpc) is 3.09. The third-order valence-electron chi connectivity index (χ3n) is 4.12. The maximum Gasteiger partial charge on any atom is 0.315 e. The standard InChI is InChI=1S/C17H21FN4O2/c1-12-4-5-15(18)16(9-12)22-7-2-3-14(11-22)20-17(23)19-10-13-6-8-24-21-13/h4-6,8-9,14H,2-3,7,10-11H2,1H3,(H2,19,20,23)/t14-/m0/s1. The highest BCUT2D eigenvalue weighted by molar-refractivity contribution is 5.74. The number of benzene rings is 1. The minimum atomic E-state index is -0.255. The van der Waals surface area contributed by atoms with Crippen molar-refractivity contribution in [1.29, 1.82) is 0 Å². The van der Waals surface area contributed by atoms with Gasteiger partial charge in [0.15, 0.2) is 0 Å². The van der Waals surface area contributed by atoms with Crippen molar-refractivity contribution >= 4 is 11.7 Å². The second kappa shape index (κ2) is 7.33. The van der Waals surface area contributed by atoms with Crippen molar-refractivity contribution in [2.75, 3.05) is 18.0 Å². The quantitative estimate of drug-likeness (QED) is 0.903. The number of hydrogen-bond acceptors (Lipinski definition) is 4. The molecule has 2 aromatic rings. The lowest BCUT2D eigenvalue weighted by Crippen LogP contribution is -2.50. The summed E-state index contributed by atoms with van der Waals surface area (Å²) in [5, 5.41) is 9.42. The molecular formula is C17H21FN4O2. The van der Waals surface area contributed by atoms with Crippen LogP contribution in [0.15, 0.2) is 35.1 Å². The highest BCUT2D eigenvalue weighted by Gasteiger charge is 2.23. The van der Waals surface area contributed by atoms with Gasteiger partial charge in [-0.05, 0) is 37.5 Å². The topological polar surface area (TPSA) is 70.4 Å². The van der Waals surface area contributed by atoms with Crippen LogP contribution in [0, 0.1) is 12.7 Å². The molecule has 24 heavy (non-hydrogen) atoms. The number of nitrogens with one attached hydrogen (secondary N) is 2. The van der Waals surface area contributed by atoms with E-state index >= 15 is 0 Å². The minimum absolute atomic E-state index is 0.0176. The van der Waals surface area contributed by atoms with Crippen LogP contribution in [-0.2, 0) is 6.54 Å². The number of piperidine rings is 1. The maximum absolute atomic E-state index is 14.1. The third-order valence-corrected chi connectivity index (χ3v) is 4.12. The molecular weight excluding hydrogens is 311 g/mol. The summed E-state index contributed by atoms with van der Waals surface area (Å²) in [6.07, 6.45) is 3.24. The summed E-state index contributed by atoms with van der Waals surface area (Å²) in [6.45, 7) is 3.64. The first-order valence-electron chi connectivity index (χ1n) is 8.06. The van der Waals surface area contributed by atoms with Crippen molar-refractivity contribution in [1.82, 2.24) is 15.8 Å². The van der Waals surface area contributed by atoms with E-state index in [9.17, 15) is 9.18 Å². The van der Waals surface area contributed by atoms with Crippen molar-refractivity contribution in [2.24, 2.45) is 0 Å². The van der Waals surface area contributed by atoms with E-state index < -0.39 is 0 Å². The smallest absolute Gasteiger partial charge is 0.315 e. The number of amides is 2. The summed E-state index contributed by atoms with van der Waals surface area (Å²) in [6, 6.07) is 6.53. The van der Waals surface area contributed by atoms with Crippen LogP contribution in [0.5, 0.6) is 0 Å². The van der Waals surface area contributed by atoms with E-state index in [1.165, 1.54) is 12.3 Å². The number of hydrogen-bond donors (Lipinski definition) is 2. The molecule has 1 saturated heterocycles. The van der Waals surface area contributed by atoms with Gasteiger partial charge in [0.05, 0.1) is 12.2 Å². The fourth-order valence-corrected chi connectivity index (χ4v) is 2.91. The Bertz CT molecular complexity index is 690. The summed E-state index contributed by atoms with van der Waals surface area (Å²) in [7, 11) is 0. The Morgan fingerprint density at radius 2 is 2.33 bits per heavy atom. The van der Waals surface area contributed by atoms with Gasteiger partial charge in [0.25, 0.3) is 0 Å². The van der Waals surface area contributed by atoms with E-state index in [1.807, 2.05) is 17.9 Å². The predicted octanol–water partition coefficient (Wildman–Crippen LogP) is 2.59. The monoisotopic (exact) mass is 332 g/mol. The van der Waals surface area contributed by atoms with Crippen LogP contribution >= 0.6 is 0 Å². The van der Waals surface area contributed by atoms with Gasteiger partial charge in [-0.15, -0.1) is 0 Å². The van der Waals surface area contributed by atoms with Crippen LogP contribution < -0.4 is 15.5 Å². The van der Waals surface area contributed by atoms with Crippen LogP contribution in [0.25, 0.3) is 0 Å². The summed E-state index contributed by atoms with van der Waals surface area (Å²) in [4.78, 5) is 14.0. The van der Waals surface area contributed by atoms with Crippen molar-refractivity contribution in [3.8, 4) is 0 Å². The molecule has 0 unspecified atom stereocenters. The van der Waals surface area contributed by atoms with E-state index in [0.717, 1.165) is 24.9 Å². The van der Waals surface area contributed by atoms with Crippen LogP contribution in [0.4, 0.5) is 14.9 Å². The molecule has 7 heteroatoms.